The first-order chi connectivity index (χ1) is 9.62. The zero-order valence-electron chi connectivity index (χ0n) is 12.9. The number of hydrogen-bond acceptors (Lipinski definition) is 3. The fourth-order valence-electron chi connectivity index (χ4n) is 3.27. The molecule has 0 amide bonds. The molecule has 114 valence electrons. The van der Waals surface area contributed by atoms with Crippen molar-refractivity contribution in [2.75, 3.05) is 13.1 Å². The quantitative estimate of drug-likeness (QED) is 0.894. The first-order valence-electron chi connectivity index (χ1n) is 7.80. The van der Waals surface area contributed by atoms with Crippen LogP contribution in [0.15, 0.2) is 4.47 Å². The Morgan fingerprint density at radius 3 is 2.75 bits per heavy atom. The second-order valence-electron chi connectivity index (χ2n) is 5.77. The summed E-state index contributed by atoms with van der Waals surface area (Å²) < 4.78 is 3.33. The smallest absolute Gasteiger partial charge is 0.0767 e. The van der Waals surface area contributed by atoms with Crippen molar-refractivity contribution in [2.24, 2.45) is 11.7 Å². The SMILES string of the molecule is CCc1nn(CC)c(CN2CCCC(C)C2CN)c1Br. The first-order valence-corrected chi connectivity index (χ1v) is 8.59. The normalized spacial score (nSPS) is 24.2. The number of nitrogens with two attached hydrogens (primary N) is 1. The second-order valence-corrected chi connectivity index (χ2v) is 6.56. The van der Waals surface area contributed by atoms with E-state index in [1.807, 2.05) is 0 Å². The minimum Gasteiger partial charge on any atom is -0.329 e. The number of rotatable bonds is 5. The van der Waals surface area contributed by atoms with Gasteiger partial charge in [-0.15, -0.1) is 0 Å². The van der Waals surface area contributed by atoms with Gasteiger partial charge in [0.1, 0.15) is 0 Å². The van der Waals surface area contributed by atoms with E-state index in [4.69, 9.17) is 10.8 Å². The minimum absolute atomic E-state index is 0.501. The maximum Gasteiger partial charge on any atom is 0.0767 e. The van der Waals surface area contributed by atoms with E-state index >= 15 is 0 Å². The van der Waals surface area contributed by atoms with Crippen molar-refractivity contribution in [1.82, 2.24) is 14.7 Å². The fourth-order valence-corrected chi connectivity index (χ4v) is 3.96. The van der Waals surface area contributed by atoms with Gasteiger partial charge in [0.25, 0.3) is 0 Å². The van der Waals surface area contributed by atoms with E-state index in [2.05, 4.69) is 46.3 Å². The van der Waals surface area contributed by atoms with E-state index in [0.717, 1.165) is 38.3 Å². The topological polar surface area (TPSA) is 47.1 Å². The predicted octanol–water partition coefficient (Wildman–Crippen LogP) is 2.79. The Hall–Kier alpha value is -0.390. The minimum atomic E-state index is 0.501. The zero-order valence-corrected chi connectivity index (χ0v) is 14.5. The average molecular weight is 343 g/mol. The van der Waals surface area contributed by atoms with E-state index in [-0.39, 0.29) is 0 Å². The number of halogens is 1. The Balaban J connectivity index is 2.22. The highest BCUT2D eigenvalue weighted by Gasteiger charge is 2.29. The Labute approximate surface area is 130 Å². The van der Waals surface area contributed by atoms with Crippen molar-refractivity contribution in [3.8, 4) is 0 Å². The van der Waals surface area contributed by atoms with Gasteiger partial charge in [-0.05, 0) is 54.6 Å². The van der Waals surface area contributed by atoms with E-state index in [9.17, 15) is 0 Å². The Kier molecular flexibility index (Phi) is 5.64. The molecule has 2 heterocycles. The summed E-state index contributed by atoms with van der Waals surface area (Å²) in [5, 5.41) is 4.69. The van der Waals surface area contributed by atoms with Crippen LogP contribution in [0.25, 0.3) is 0 Å². The van der Waals surface area contributed by atoms with Crippen LogP contribution in [0.5, 0.6) is 0 Å². The lowest BCUT2D eigenvalue weighted by Gasteiger charge is -2.39. The monoisotopic (exact) mass is 342 g/mol. The summed E-state index contributed by atoms with van der Waals surface area (Å²) >= 11 is 3.75. The Morgan fingerprint density at radius 2 is 2.15 bits per heavy atom. The van der Waals surface area contributed by atoms with Gasteiger partial charge >= 0.3 is 0 Å². The van der Waals surface area contributed by atoms with Crippen LogP contribution >= 0.6 is 15.9 Å². The standard InChI is InChI=1S/C15H27BrN4/c1-4-12-15(16)14(20(5-2)18-12)10-19-8-6-7-11(3)13(19)9-17/h11,13H,4-10,17H2,1-3H3. The van der Waals surface area contributed by atoms with Crippen LogP contribution in [0.4, 0.5) is 0 Å². The molecule has 0 radical (unpaired) electrons. The third-order valence-electron chi connectivity index (χ3n) is 4.52. The summed E-state index contributed by atoms with van der Waals surface area (Å²) in [5.74, 6) is 0.691. The van der Waals surface area contributed by atoms with Crippen LogP contribution in [0.1, 0.15) is 45.0 Å². The molecule has 0 bridgehead atoms. The summed E-state index contributed by atoms with van der Waals surface area (Å²) in [5.41, 5.74) is 8.47. The van der Waals surface area contributed by atoms with E-state index in [1.165, 1.54) is 23.0 Å². The third kappa shape index (κ3) is 3.10. The number of aromatic nitrogens is 2. The molecular formula is C15H27BrN4. The predicted molar refractivity (Wildman–Crippen MR) is 86.6 cm³/mol. The Bertz CT molecular complexity index is 443. The van der Waals surface area contributed by atoms with Crippen molar-refractivity contribution in [1.29, 1.82) is 0 Å². The molecule has 2 N–H and O–H groups in total. The summed E-state index contributed by atoms with van der Waals surface area (Å²) in [6.45, 7) is 10.4. The van der Waals surface area contributed by atoms with E-state index < -0.39 is 0 Å². The lowest BCUT2D eigenvalue weighted by Crippen LogP contribution is -2.48. The van der Waals surface area contributed by atoms with Crippen LogP contribution in [0, 0.1) is 5.92 Å². The molecule has 20 heavy (non-hydrogen) atoms. The van der Waals surface area contributed by atoms with Gasteiger partial charge in [0.05, 0.1) is 15.9 Å². The van der Waals surface area contributed by atoms with Gasteiger partial charge in [-0.25, -0.2) is 0 Å². The van der Waals surface area contributed by atoms with Crippen LogP contribution in [-0.2, 0) is 19.5 Å². The van der Waals surface area contributed by atoms with Gasteiger partial charge < -0.3 is 5.73 Å². The molecule has 1 aliphatic heterocycles. The number of hydrogen-bond donors (Lipinski definition) is 1. The van der Waals surface area contributed by atoms with Gasteiger partial charge in [-0.1, -0.05) is 13.8 Å². The van der Waals surface area contributed by atoms with E-state index in [0.29, 0.717) is 12.0 Å². The van der Waals surface area contributed by atoms with Gasteiger partial charge in [0.15, 0.2) is 0 Å². The summed E-state index contributed by atoms with van der Waals surface area (Å²) in [6, 6.07) is 0.501. The first kappa shape index (κ1) is 16.0. The lowest BCUT2D eigenvalue weighted by atomic mass is 9.90. The molecule has 1 saturated heterocycles. The highest BCUT2D eigenvalue weighted by Crippen LogP contribution is 2.28. The van der Waals surface area contributed by atoms with E-state index in [1.54, 1.807) is 0 Å². The Morgan fingerprint density at radius 1 is 1.40 bits per heavy atom. The number of piperidine rings is 1. The number of nitrogens with zero attached hydrogens (tertiary/aromatic N) is 3. The molecule has 1 aromatic rings. The third-order valence-corrected chi connectivity index (χ3v) is 5.43. The molecule has 0 saturated carbocycles. The van der Waals surface area contributed by atoms with Crippen LogP contribution in [0.3, 0.4) is 0 Å². The maximum absolute atomic E-state index is 6.00. The van der Waals surface area contributed by atoms with Crippen molar-refractivity contribution in [2.45, 2.75) is 59.2 Å². The molecule has 1 aliphatic rings. The number of aryl methyl sites for hydroxylation is 2. The van der Waals surface area contributed by atoms with Gasteiger partial charge in [0, 0.05) is 25.7 Å². The summed E-state index contributed by atoms with van der Waals surface area (Å²) in [6.07, 6.45) is 3.54. The molecule has 0 aliphatic carbocycles. The average Bonchev–Trinajstić information content (AvgIpc) is 2.75. The van der Waals surface area contributed by atoms with Crippen LogP contribution < -0.4 is 5.73 Å². The van der Waals surface area contributed by atoms with Crippen molar-refractivity contribution in [3.05, 3.63) is 15.9 Å². The maximum atomic E-state index is 6.00. The lowest BCUT2D eigenvalue weighted by molar-refractivity contribution is 0.0960. The molecule has 4 nitrogen and oxygen atoms in total. The molecule has 5 heteroatoms. The van der Waals surface area contributed by atoms with Crippen LogP contribution in [0.2, 0.25) is 0 Å². The molecule has 2 atom stereocenters. The molecule has 0 spiro atoms. The summed E-state index contributed by atoms with van der Waals surface area (Å²) in [4.78, 5) is 2.54. The van der Waals surface area contributed by atoms with Gasteiger partial charge in [-0.3, -0.25) is 9.58 Å². The van der Waals surface area contributed by atoms with Gasteiger partial charge in [0.2, 0.25) is 0 Å². The second kappa shape index (κ2) is 7.05. The van der Waals surface area contributed by atoms with Crippen molar-refractivity contribution in [3.63, 3.8) is 0 Å². The molecule has 2 unspecified atom stereocenters. The highest BCUT2D eigenvalue weighted by atomic mass is 79.9. The molecule has 0 aromatic carbocycles. The van der Waals surface area contributed by atoms with Crippen molar-refractivity contribution < 1.29 is 0 Å². The van der Waals surface area contributed by atoms with Gasteiger partial charge in [-0.2, -0.15) is 5.10 Å². The fraction of sp³-hybridized carbons (Fsp3) is 0.800. The largest absolute Gasteiger partial charge is 0.329 e. The molecule has 2 rings (SSSR count). The molecule has 1 aromatic heterocycles. The van der Waals surface area contributed by atoms with Crippen molar-refractivity contribution >= 4 is 15.9 Å². The molecular weight excluding hydrogens is 316 g/mol. The highest BCUT2D eigenvalue weighted by molar-refractivity contribution is 9.10. The number of likely N-dealkylation sites (tertiary alicyclic amines) is 1. The zero-order chi connectivity index (χ0) is 14.7. The summed E-state index contributed by atoms with van der Waals surface area (Å²) in [7, 11) is 0. The molecule has 1 fully saturated rings. The van der Waals surface area contributed by atoms with Crippen LogP contribution in [-0.4, -0.2) is 33.8 Å².